The highest BCUT2D eigenvalue weighted by Crippen LogP contribution is 2.40. The lowest BCUT2D eigenvalue weighted by molar-refractivity contribution is 0.00578. The molecular formula is C32H27BO3. The zero-order chi connectivity index (χ0) is 24.7. The van der Waals surface area contributed by atoms with E-state index in [2.05, 4.69) is 113 Å². The van der Waals surface area contributed by atoms with Crippen molar-refractivity contribution in [3.8, 4) is 11.1 Å². The number of para-hydroxylation sites is 1. The Labute approximate surface area is 210 Å². The van der Waals surface area contributed by atoms with Crippen LogP contribution in [0.3, 0.4) is 0 Å². The van der Waals surface area contributed by atoms with Crippen molar-refractivity contribution in [1.82, 2.24) is 0 Å². The van der Waals surface area contributed by atoms with E-state index in [0.29, 0.717) is 0 Å². The Kier molecular flexibility index (Phi) is 4.49. The van der Waals surface area contributed by atoms with Crippen molar-refractivity contribution < 1.29 is 13.7 Å². The summed E-state index contributed by atoms with van der Waals surface area (Å²) in [6, 6.07) is 32.3. The molecule has 5 aromatic carbocycles. The van der Waals surface area contributed by atoms with E-state index in [4.69, 9.17) is 13.7 Å². The predicted octanol–water partition coefficient (Wildman–Crippen LogP) is 7.86. The van der Waals surface area contributed by atoms with Crippen molar-refractivity contribution in [2.75, 3.05) is 0 Å². The summed E-state index contributed by atoms with van der Waals surface area (Å²) < 4.78 is 19.1. The predicted molar refractivity (Wildman–Crippen MR) is 150 cm³/mol. The van der Waals surface area contributed by atoms with E-state index >= 15 is 0 Å². The van der Waals surface area contributed by atoms with E-state index < -0.39 is 18.3 Å². The van der Waals surface area contributed by atoms with Gasteiger partial charge in [-0.1, -0.05) is 72.8 Å². The minimum Gasteiger partial charge on any atom is -0.456 e. The van der Waals surface area contributed by atoms with Gasteiger partial charge in [-0.05, 0) is 78.6 Å². The molecule has 6 aromatic rings. The van der Waals surface area contributed by atoms with E-state index in [-0.39, 0.29) is 0 Å². The monoisotopic (exact) mass is 470 g/mol. The fourth-order valence-electron chi connectivity index (χ4n) is 5.44. The number of hydrogen-bond donors (Lipinski definition) is 0. The standard InChI is InChI=1S/C32H27BO3/c1-31(2)32(3,4)36-33(35-31)28-15-9-14-25-27-19-21(16-17-29(27)34-30(25)28)26-18-20-10-5-6-11-22(20)23-12-7-8-13-24(23)26/h5-19H,1-4H3. The van der Waals surface area contributed by atoms with Crippen LogP contribution in [0.15, 0.2) is 95.4 Å². The molecule has 1 aliphatic heterocycles. The smallest absolute Gasteiger partial charge is 0.456 e. The molecule has 0 unspecified atom stereocenters. The maximum absolute atomic E-state index is 6.42. The van der Waals surface area contributed by atoms with Crippen molar-refractivity contribution >= 4 is 56.1 Å². The van der Waals surface area contributed by atoms with E-state index in [1.807, 2.05) is 6.07 Å². The van der Waals surface area contributed by atoms with Gasteiger partial charge < -0.3 is 13.7 Å². The highest BCUT2D eigenvalue weighted by molar-refractivity contribution is 6.65. The molecule has 0 saturated carbocycles. The van der Waals surface area contributed by atoms with Gasteiger partial charge in [0.15, 0.2) is 0 Å². The van der Waals surface area contributed by atoms with Crippen LogP contribution < -0.4 is 5.46 Å². The summed E-state index contributed by atoms with van der Waals surface area (Å²) in [6.07, 6.45) is 0. The van der Waals surface area contributed by atoms with Gasteiger partial charge >= 0.3 is 7.12 Å². The molecule has 0 bridgehead atoms. The Hall–Kier alpha value is -3.60. The lowest BCUT2D eigenvalue weighted by Gasteiger charge is -2.32. The summed E-state index contributed by atoms with van der Waals surface area (Å²) in [6.45, 7) is 8.30. The molecule has 3 nitrogen and oxygen atoms in total. The van der Waals surface area contributed by atoms with Crippen LogP contribution in [0, 0.1) is 0 Å². The number of hydrogen-bond acceptors (Lipinski definition) is 3. The van der Waals surface area contributed by atoms with Gasteiger partial charge in [-0.2, -0.15) is 0 Å². The second-order valence-corrected chi connectivity index (χ2v) is 10.8. The zero-order valence-electron chi connectivity index (χ0n) is 21.0. The largest absolute Gasteiger partial charge is 0.498 e. The van der Waals surface area contributed by atoms with Crippen LogP contribution in [0.1, 0.15) is 27.7 Å². The molecule has 7 rings (SSSR count). The van der Waals surface area contributed by atoms with Crippen LogP contribution in [0.25, 0.3) is 54.6 Å². The van der Waals surface area contributed by atoms with Gasteiger partial charge in [0.1, 0.15) is 11.2 Å². The highest BCUT2D eigenvalue weighted by Gasteiger charge is 2.52. The number of fused-ring (bicyclic) bond motifs is 6. The molecule has 4 heteroatoms. The number of rotatable bonds is 2. The SMILES string of the molecule is CC1(C)OB(c2cccc3c2oc2ccc(-c4cc5ccccc5c5ccccc45)cc23)OC1(C)C. The Balaban J connectivity index is 1.43. The third-order valence-electron chi connectivity index (χ3n) is 8.11. The van der Waals surface area contributed by atoms with E-state index in [9.17, 15) is 0 Å². The Morgan fingerprint density at radius 2 is 1.25 bits per heavy atom. The van der Waals surface area contributed by atoms with Gasteiger partial charge in [0.2, 0.25) is 0 Å². The molecule has 0 radical (unpaired) electrons. The fraction of sp³-hybridized carbons (Fsp3) is 0.188. The molecule has 0 atom stereocenters. The molecule has 2 heterocycles. The summed E-state index contributed by atoms with van der Waals surface area (Å²) in [5.41, 5.74) is 4.21. The average molecular weight is 470 g/mol. The molecule has 36 heavy (non-hydrogen) atoms. The molecule has 176 valence electrons. The molecule has 0 spiro atoms. The molecular weight excluding hydrogens is 443 g/mol. The maximum atomic E-state index is 6.42. The van der Waals surface area contributed by atoms with Crippen LogP contribution in [0.5, 0.6) is 0 Å². The first-order valence-electron chi connectivity index (χ1n) is 12.5. The van der Waals surface area contributed by atoms with Crippen LogP contribution in [-0.4, -0.2) is 18.3 Å². The third-order valence-corrected chi connectivity index (χ3v) is 8.11. The van der Waals surface area contributed by atoms with Crippen LogP contribution >= 0.6 is 0 Å². The topological polar surface area (TPSA) is 31.6 Å². The number of benzene rings is 5. The van der Waals surface area contributed by atoms with Crippen molar-refractivity contribution in [2.45, 2.75) is 38.9 Å². The van der Waals surface area contributed by atoms with Gasteiger partial charge in [0.05, 0.1) is 11.2 Å². The molecule has 1 fully saturated rings. The summed E-state index contributed by atoms with van der Waals surface area (Å²) >= 11 is 0. The van der Waals surface area contributed by atoms with Crippen LogP contribution in [0.4, 0.5) is 0 Å². The lowest BCUT2D eigenvalue weighted by atomic mass is 9.78. The van der Waals surface area contributed by atoms with Gasteiger partial charge in [-0.15, -0.1) is 0 Å². The van der Waals surface area contributed by atoms with Crippen molar-refractivity contribution in [2.24, 2.45) is 0 Å². The van der Waals surface area contributed by atoms with Crippen molar-refractivity contribution in [1.29, 1.82) is 0 Å². The molecule has 1 aliphatic rings. The van der Waals surface area contributed by atoms with Gasteiger partial charge in [-0.25, -0.2) is 0 Å². The maximum Gasteiger partial charge on any atom is 0.498 e. The van der Waals surface area contributed by atoms with E-state index in [1.165, 1.54) is 32.7 Å². The molecule has 0 aliphatic carbocycles. The van der Waals surface area contributed by atoms with Crippen LogP contribution in [-0.2, 0) is 9.31 Å². The van der Waals surface area contributed by atoms with Gasteiger partial charge in [0, 0.05) is 16.2 Å². The first kappa shape index (κ1) is 21.7. The average Bonchev–Trinajstić information content (AvgIpc) is 3.35. The second-order valence-electron chi connectivity index (χ2n) is 10.8. The van der Waals surface area contributed by atoms with Gasteiger partial charge in [-0.3, -0.25) is 0 Å². The normalized spacial score (nSPS) is 17.1. The lowest BCUT2D eigenvalue weighted by Crippen LogP contribution is -2.41. The molecule has 1 saturated heterocycles. The summed E-state index contributed by atoms with van der Waals surface area (Å²) in [7, 11) is -0.469. The molecule has 1 aromatic heterocycles. The third kappa shape index (κ3) is 3.08. The summed E-state index contributed by atoms with van der Waals surface area (Å²) in [5, 5.41) is 7.21. The molecule has 0 N–H and O–H groups in total. The number of furan rings is 1. The highest BCUT2D eigenvalue weighted by atomic mass is 16.7. The first-order chi connectivity index (χ1) is 17.3. The first-order valence-corrected chi connectivity index (χ1v) is 12.5. The Bertz CT molecular complexity index is 1800. The summed E-state index contributed by atoms with van der Waals surface area (Å²) in [5.74, 6) is 0. The fourth-order valence-corrected chi connectivity index (χ4v) is 5.44. The quantitative estimate of drug-likeness (QED) is 0.191. The van der Waals surface area contributed by atoms with Crippen molar-refractivity contribution in [3.63, 3.8) is 0 Å². The second kappa shape index (κ2) is 7.46. The minimum atomic E-state index is -0.469. The molecule has 0 amide bonds. The Morgan fingerprint density at radius 3 is 2.03 bits per heavy atom. The van der Waals surface area contributed by atoms with E-state index in [0.717, 1.165) is 27.4 Å². The van der Waals surface area contributed by atoms with Gasteiger partial charge in [0.25, 0.3) is 0 Å². The minimum absolute atomic E-state index is 0.407. The zero-order valence-corrected chi connectivity index (χ0v) is 21.0. The summed E-state index contributed by atoms with van der Waals surface area (Å²) in [4.78, 5) is 0. The van der Waals surface area contributed by atoms with E-state index in [1.54, 1.807) is 0 Å². The van der Waals surface area contributed by atoms with Crippen LogP contribution in [0.2, 0.25) is 0 Å². The van der Waals surface area contributed by atoms with Crippen molar-refractivity contribution in [3.05, 3.63) is 91.0 Å². The Morgan fingerprint density at radius 1 is 0.583 bits per heavy atom.